The lowest BCUT2D eigenvalue weighted by Crippen LogP contribution is -2.27. The highest BCUT2D eigenvalue weighted by Crippen LogP contribution is 2.33. The lowest BCUT2D eigenvalue weighted by Gasteiger charge is -2.15. The third kappa shape index (κ3) is 3.31. The molecule has 0 spiro atoms. The van der Waals surface area contributed by atoms with Crippen LogP contribution in [0.4, 0.5) is 4.79 Å². The van der Waals surface area contributed by atoms with E-state index >= 15 is 0 Å². The molecule has 8 nitrogen and oxygen atoms in total. The highest BCUT2D eigenvalue weighted by atomic mass is 35.5. The summed E-state index contributed by atoms with van der Waals surface area (Å²) in [5, 5.41) is 16.0. The first-order valence-corrected chi connectivity index (χ1v) is 9.29. The maximum Gasteiger partial charge on any atom is 0.407 e. The van der Waals surface area contributed by atoms with Gasteiger partial charge in [-0.15, -0.1) is 5.10 Å². The van der Waals surface area contributed by atoms with Crippen LogP contribution in [0, 0.1) is 12.8 Å². The smallest absolute Gasteiger partial charge is 0.407 e. The molecule has 1 aliphatic heterocycles. The molecule has 0 aliphatic carbocycles. The van der Waals surface area contributed by atoms with Crippen LogP contribution in [0.25, 0.3) is 16.9 Å². The van der Waals surface area contributed by atoms with Crippen LogP contribution in [0.3, 0.4) is 0 Å². The fourth-order valence-electron chi connectivity index (χ4n) is 3.46. The molecule has 1 saturated heterocycles. The monoisotopic (exact) mass is 402 g/mol. The van der Waals surface area contributed by atoms with Crippen LogP contribution in [0.5, 0.6) is 5.75 Å². The van der Waals surface area contributed by atoms with Crippen LogP contribution in [0.15, 0.2) is 35.1 Å². The molecule has 1 fully saturated rings. The van der Waals surface area contributed by atoms with Crippen LogP contribution in [-0.2, 0) is 0 Å². The van der Waals surface area contributed by atoms with E-state index in [9.17, 15) is 9.59 Å². The number of aromatic amines is 1. The Morgan fingerprint density at radius 3 is 2.82 bits per heavy atom. The van der Waals surface area contributed by atoms with Gasteiger partial charge in [-0.25, -0.2) is 19.1 Å². The Kier molecular flexibility index (Phi) is 4.72. The number of hydrogen-bond donors (Lipinski definition) is 2. The molecule has 0 bridgehead atoms. The predicted molar refractivity (Wildman–Crippen MR) is 104 cm³/mol. The van der Waals surface area contributed by atoms with Crippen molar-refractivity contribution in [1.82, 2.24) is 19.5 Å². The average molecular weight is 403 g/mol. The number of carboxylic acid groups (broad SMARTS) is 1. The Morgan fingerprint density at radius 2 is 2.14 bits per heavy atom. The first-order chi connectivity index (χ1) is 13.4. The lowest BCUT2D eigenvalue weighted by atomic mass is 10.1. The summed E-state index contributed by atoms with van der Waals surface area (Å²) < 4.78 is 7.29. The number of H-pyrrole nitrogens is 1. The number of aryl methyl sites for hydroxylation is 1. The summed E-state index contributed by atoms with van der Waals surface area (Å²) in [6.07, 6.45) is -0.195. The first-order valence-electron chi connectivity index (χ1n) is 8.91. The van der Waals surface area contributed by atoms with Gasteiger partial charge >= 0.3 is 11.8 Å². The predicted octanol–water partition coefficient (Wildman–Crippen LogP) is 3.03. The van der Waals surface area contributed by atoms with Gasteiger partial charge in [0.1, 0.15) is 0 Å². The number of fused-ring (bicyclic) bond motifs is 1. The number of amides is 1. The molecule has 0 radical (unpaired) electrons. The second-order valence-corrected chi connectivity index (χ2v) is 7.36. The number of rotatable bonds is 4. The van der Waals surface area contributed by atoms with Crippen molar-refractivity contribution in [2.24, 2.45) is 5.92 Å². The van der Waals surface area contributed by atoms with E-state index in [0.717, 1.165) is 17.5 Å². The van der Waals surface area contributed by atoms with Crippen molar-refractivity contribution in [2.45, 2.75) is 13.3 Å². The molecule has 9 heteroatoms. The minimum Gasteiger partial charge on any atom is -0.489 e. The zero-order valence-electron chi connectivity index (χ0n) is 15.2. The van der Waals surface area contributed by atoms with Crippen molar-refractivity contribution in [3.8, 4) is 17.0 Å². The SMILES string of the molecule is Cc1ccc(-c2c(Cl)cc(OC[C@@H]3CCN(C(=O)O)C3)c3n[nH]c(=O)n23)cc1. The maximum absolute atomic E-state index is 12.4. The molecular weight excluding hydrogens is 384 g/mol. The minimum absolute atomic E-state index is 0.0809. The molecule has 1 aromatic carbocycles. The van der Waals surface area contributed by atoms with Crippen molar-refractivity contribution in [3.63, 3.8) is 0 Å². The van der Waals surface area contributed by atoms with E-state index in [0.29, 0.717) is 41.8 Å². The quantitative estimate of drug-likeness (QED) is 0.698. The molecule has 0 unspecified atom stereocenters. The zero-order chi connectivity index (χ0) is 19.8. The van der Waals surface area contributed by atoms with Gasteiger partial charge < -0.3 is 14.7 Å². The van der Waals surface area contributed by atoms with E-state index in [4.69, 9.17) is 21.4 Å². The van der Waals surface area contributed by atoms with Gasteiger partial charge in [-0.1, -0.05) is 41.4 Å². The zero-order valence-corrected chi connectivity index (χ0v) is 15.9. The van der Waals surface area contributed by atoms with Crippen LogP contribution < -0.4 is 10.4 Å². The number of nitrogens with zero attached hydrogens (tertiary/aromatic N) is 3. The Labute approximate surface area is 165 Å². The molecule has 146 valence electrons. The standard InChI is InChI=1S/C19H19ClN4O4/c1-11-2-4-13(5-3-11)16-14(20)8-15(17-21-22-18(25)24(16)17)28-10-12-6-7-23(9-12)19(26)27/h2-5,8,12H,6-7,9-10H2,1H3,(H,22,25)(H,26,27)/t12-/m1/s1. The molecule has 1 amide bonds. The van der Waals surface area contributed by atoms with Crippen molar-refractivity contribution >= 4 is 23.3 Å². The minimum atomic E-state index is -0.922. The number of halogens is 1. The molecule has 4 rings (SSSR count). The maximum atomic E-state index is 12.4. The second-order valence-electron chi connectivity index (χ2n) is 6.95. The summed E-state index contributed by atoms with van der Waals surface area (Å²) in [5.41, 5.74) is 2.38. The molecular formula is C19H19ClN4O4. The number of pyridine rings is 1. The second kappa shape index (κ2) is 7.20. The molecule has 2 N–H and O–H groups in total. The number of hydrogen-bond acceptors (Lipinski definition) is 4. The lowest BCUT2D eigenvalue weighted by molar-refractivity contribution is 0.151. The normalized spacial score (nSPS) is 16.6. The summed E-state index contributed by atoms with van der Waals surface area (Å²) in [6, 6.07) is 9.34. The van der Waals surface area contributed by atoms with Crippen molar-refractivity contribution < 1.29 is 14.6 Å². The highest BCUT2D eigenvalue weighted by molar-refractivity contribution is 6.33. The van der Waals surface area contributed by atoms with Crippen LogP contribution >= 0.6 is 11.6 Å². The van der Waals surface area contributed by atoms with E-state index < -0.39 is 11.8 Å². The number of aromatic nitrogens is 3. The van der Waals surface area contributed by atoms with E-state index in [1.54, 1.807) is 6.07 Å². The third-order valence-electron chi connectivity index (χ3n) is 4.96. The molecule has 3 heterocycles. The Bertz CT molecular complexity index is 1090. The van der Waals surface area contributed by atoms with Gasteiger partial charge in [0.05, 0.1) is 17.3 Å². The van der Waals surface area contributed by atoms with Crippen molar-refractivity contribution in [3.05, 3.63) is 51.4 Å². The molecule has 1 aliphatic rings. The van der Waals surface area contributed by atoms with E-state index in [1.165, 1.54) is 9.30 Å². The van der Waals surface area contributed by atoms with Crippen LogP contribution in [0.1, 0.15) is 12.0 Å². The van der Waals surface area contributed by atoms with Gasteiger partial charge in [0, 0.05) is 30.6 Å². The van der Waals surface area contributed by atoms with Gasteiger partial charge in [-0.3, -0.25) is 0 Å². The summed E-state index contributed by atoms with van der Waals surface area (Å²) >= 11 is 6.50. The van der Waals surface area contributed by atoms with E-state index in [2.05, 4.69) is 10.2 Å². The third-order valence-corrected chi connectivity index (χ3v) is 5.24. The Morgan fingerprint density at radius 1 is 1.39 bits per heavy atom. The van der Waals surface area contributed by atoms with E-state index in [1.807, 2.05) is 31.2 Å². The largest absolute Gasteiger partial charge is 0.489 e. The van der Waals surface area contributed by atoms with Crippen LogP contribution in [0.2, 0.25) is 5.02 Å². The summed E-state index contributed by atoms with van der Waals surface area (Å²) in [7, 11) is 0. The molecule has 1 atom stereocenters. The summed E-state index contributed by atoms with van der Waals surface area (Å²) in [4.78, 5) is 24.8. The first kappa shape index (κ1) is 18.4. The van der Waals surface area contributed by atoms with Crippen molar-refractivity contribution in [1.29, 1.82) is 0 Å². The number of carbonyl (C=O) groups is 1. The molecule has 3 aromatic rings. The number of ether oxygens (including phenoxy) is 1. The molecule has 28 heavy (non-hydrogen) atoms. The summed E-state index contributed by atoms with van der Waals surface area (Å²) in [5.74, 6) is 0.463. The van der Waals surface area contributed by atoms with Crippen LogP contribution in [-0.4, -0.2) is 50.4 Å². The molecule has 2 aromatic heterocycles. The number of benzene rings is 1. The Hall–Kier alpha value is -3.00. The highest BCUT2D eigenvalue weighted by Gasteiger charge is 2.27. The topological polar surface area (TPSA) is 99.9 Å². The number of nitrogens with one attached hydrogen (secondary N) is 1. The average Bonchev–Trinajstić information content (AvgIpc) is 3.29. The van der Waals surface area contributed by atoms with Gasteiger partial charge in [-0.2, -0.15) is 0 Å². The van der Waals surface area contributed by atoms with E-state index in [-0.39, 0.29) is 5.92 Å². The summed E-state index contributed by atoms with van der Waals surface area (Å²) in [6.45, 7) is 3.22. The van der Waals surface area contributed by atoms with Gasteiger partial charge in [0.25, 0.3) is 0 Å². The van der Waals surface area contributed by atoms with Gasteiger partial charge in [-0.05, 0) is 13.3 Å². The van der Waals surface area contributed by atoms with Gasteiger partial charge in [0.2, 0.25) is 5.65 Å². The fourth-order valence-corrected chi connectivity index (χ4v) is 3.75. The van der Waals surface area contributed by atoms with Crippen molar-refractivity contribution in [2.75, 3.05) is 19.7 Å². The fraction of sp³-hybridized carbons (Fsp3) is 0.316. The Balaban J connectivity index is 1.66. The number of likely N-dealkylation sites (tertiary alicyclic amines) is 1. The molecule has 0 saturated carbocycles. The van der Waals surface area contributed by atoms with Gasteiger partial charge in [0.15, 0.2) is 5.75 Å².